The minimum Gasteiger partial charge on any atom is -0.461 e. The Morgan fingerprint density at radius 2 is 1.93 bits per heavy atom. The molecule has 0 amide bonds. The molecule has 0 unspecified atom stereocenters. The SMILES string of the molecule is OCc1ccc(COC2CCCCC2)o1. The monoisotopic (exact) mass is 210 g/mol. The van der Waals surface area contributed by atoms with Crippen molar-refractivity contribution < 1.29 is 14.3 Å². The summed E-state index contributed by atoms with van der Waals surface area (Å²) >= 11 is 0. The van der Waals surface area contributed by atoms with Gasteiger partial charge in [-0.1, -0.05) is 19.3 Å². The topological polar surface area (TPSA) is 42.6 Å². The number of hydrogen-bond donors (Lipinski definition) is 1. The molecule has 3 nitrogen and oxygen atoms in total. The maximum Gasteiger partial charge on any atom is 0.130 e. The van der Waals surface area contributed by atoms with Crippen LogP contribution in [0.15, 0.2) is 16.5 Å². The van der Waals surface area contributed by atoms with Crippen molar-refractivity contribution in [1.82, 2.24) is 0 Å². The molecule has 0 saturated heterocycles. The number of rotatable bonds is 4. The van der Waals surface area contributed by atoms with Gasteiger partial charge in [0.1, 0.15) is 24.7 Å². The molecule has 2 rings (SSSR count). The van der Waals surface area contributed by atoms with E-state index in [1.807, 2.05) is 6.07 Å². The molecule has 1 aromatic heterocycles. The largest absolute Gasteiger partial charge is 0.461 e. The third kappa shape index (κ3) is 3.08. The Hall–Kier alpha value is -0.800. The van der Waals surface area contributed by atoms with Gasteiger partial charge in [-0.25, -0.2) is 0 Å². The van der Waals surface area contributed by atoms with E-state index in [1.165, 1.54) is 32.1 Å². The standard InChI is InChI=1S/C12H18O3/c13-8-11-6-7-12(15-11)9-14-10-4-2-1-3-5-10/h6-7,10,13H,1-5,8-9H2. The highest BCUT2D eigenvalue weighted by atomic mass is 16.5. The zero-order valence-electron chi connectivity index (χ0n) is 8.95. The highest BCUT2D eigenvalue weighted by molar-refractivity contribution is 5.05. The minimum absolute atomic E-state index is 0.0383. The second-order valence-corrected chi connectivity index (χ2v) is 4.10. The Kier molecular flexibility index (Phi) is 3.80. The molecule has 1 aromatic rings. The molecular formula is C12H18O3. The lowest BCUT2D eigenvalue weighted by atomic mass is 9.98. The van der Waals surface area contributed by atoms with Crippen molar-refractivity contribution in [3.63, 3.8) is 0 Å². The van der Waals surface area contributed by atoms with E-state index in [-0.39, 0.29) is 6.61 Å². The highest BCUT2D eigenvalue weighted by Gasteiger charge is 2.14. The van der Waals surface area contributed by atoms with Crippen LogP contribution in [0.25, 0.3) is 0 Å². The normalized spacial score (nSPS) is 18.2. The predicted octanol–water partition coefficient (Wildman–Crippen LogP) is 2.62. The van der Waals surface area contributed by atoms with E-state index in [1.54, 1.807) is 6.07 Å². The maximum absolute atomic E-state index is 8.83. The molecule has 1 fully saturated rings. The van der Waals surface area contributed by atoms with Crippen LogP contribution in [0.3, 0.4) is 0 Å². The molecule has 3 heteroatoms. The van der Waals surface area contributed by atoms with E-state index < -0.39 is 0 Å². The average molecular weight is 210 g/mol. The summed E-state index contributed by atoms with van der Waals surface area (Å²) in [6.07, 6.45) is 6.66. The van der Waals surface area contributed by atoms with Crippen molar-refractivity contribution in [1.29, 1.82) is 0 Å². The zero-order valence-corrected chi connectivity index (χ0v) is 8.95. The maximum atomic E-state index is 8.83. The molecule has 0 spiro atoms. The number of aliphatic hydroxyl groups excluding tert-OH is 1. The number of hydrogen-bond acceptors (Lipinski definition) is 3. The fourth-order valence-electron chi connectivity index (χ4n) is 2.02. The van der Waals surface area contributed by atoms with Crippen molar-refractivity contribution in [3.05, 3.63) is 23.7 Å². The van der Waals surface area contributed by atoms with Crippen LogP contribution in [0.4, 0.5) is 0 Å². The zero-order chi connectivity index (χ0) is 10.5. The van der Waals surface area contributed by atoms with Gasteiger partial charge in [0.2, 0.25) is 0 Å². The Labute approximate surface area is 90.0 Å². The summed E-state index contributed by atoms with van der Waals surface area (Å²) in [4.78, 5) is 0. The average Bonchev–Trinajstić information content (AvgIpc) is 2.76. The molecule has 0 bridgehead atoms. The molecule has 1 aliphatic rings. The van der Waals surface area contributed by atoms with Gasteiger partial charge in [-0.2, -0.15) is 0 Å². The van der Waals surface area contributed by atoms with Crippen LogP contribution in [0, 0.1) is 0 Å². The summed E-state index contributed by atoms with van der Waals surface area (Å²) in [6.45, 7) is 0.494. The van der Waals surface area contributed by atoms with E-state index in [4.69, 9.17) is 14.3 Å². The Morgan fingerprint density at radius 3 is 2.60 bits per heavy atom. The quantitative estimate of drug-likeness (QED) is 0.830. The summed E-state index contributed by atoms with van der Waals surface area (Å²) in [5.74, 6) is 1.42. The molecule has 1 heterocycles. The van der Waals surface area contributed by atoms with Crippen LogP contribution in [0.5, 0.6) is 0 Å². The van der Waals surface area contributed by atoms with Crippen molar-refractivity contribution >= 4 is 0 Å². The molecule has 1 saturated carbocycles. The molecule has 15 heavy (non-hydrogen) atoms. The van der Waals surface area contributed by atoms with E-state index in [9.17, 15) is 0 Å². The number of furan rings is 1. The molecule has 1 aliphatic carbocycles. The third-order valence-corrected chi connectivity index (χ3v) is 2.89. The van der Waals surface area contributed by atoms with E-state index in [0.717, 1.165) is 5.76 Å². The first kappa shape index (κ1) is 10.7. The first-order valence-electron chi connectivity index (χ1n) is 5.68. The Morgan fingerprint density at radius 1 is 1.20 bits per heavy atom. The molecule has 0 aromatic carbocycles. The molecule has 84 valence electrons. The first-order valence-corrected chi connectivity index (χ1v) is 5.68. The lowest BCUT2D eigenvalue weighted by Crippen LogP contribution is -2.16. The number of ether oxygens (including phenoxy) is 1. The summed E-state index contributed by atoms with van der Waals surface area (Å²) in [6, 6.07) is 3.66. The van der Waals surface area contributed by atoms with Crippen molar-refractivity contribution in [3.8, 4) is 0 Å². The van der Waals surface area contributed by atoms with E-state index in [2.05, 4.69) is 0 Å². The van der Waals surface area contributed by atoms with Gasteiger partial charge in [0, 0.05) is 0 Å². The van der Waals surface area contributed by atoms with Gasteiger partial charge in [-0.3, -0.25) is 0 Å². The van der Waals surface area contributed by atoms with Gasteiger partial charge >= 0.3 is 0 Å². The predicted molar refractivity (Wildman–Crippen MR) is 56.3 cm³/mol. The highest BCUT2D eigenvalue weighted by Crippen LogP contribution is 2.21. The lowest BCUT2D eigenvalue weighted by Gasteiger charge is -2.21. The van der Waals surface area contributed by atoms with Crippen LogP contribution >= 0.6 is 0 Å². The molecule has 0 aliphatic heterocycles. The summed E-state index contributed by atoms with van der Waals surface area (Å²) in [5, 5.41) is 8.83. The first-order chi connectivity index (χ1) is 7.38. The van der Waals surface area contributed by atoms with Gasteiger partial charge in [-0.05, 0) is 25.0 Å². The fraction of sp³-hybridized carbons (Fsp3) is 0.667. The smallest absolute Gasteiger partial charge is 0.130 e. The molecular weight excluding hydrogens is 192 g/mol. The Bertz CT molecular complexity index is 287. The molecule has 0 atom stereocenters. The Balaban J connectivity index is 1.76. The summed E-state index contributed by atoms with van der Waals surface area (Å²) in [5.41, 5.74) is 0. The van der Waals surface area contributed by atoms with E-state index >= 15 is 0 Å². The van der Waals surface area contributed by atoms with Gasteiger partial charge < -0.3 is 14.3 Å². The fourth-order valence-corrected chi connectivity index (χ4v) is 2.02. The van der Waals surface area contributed by atoms with Crippen LogP contribution in [0.1, 0.15) is 43.6 Å². The number of aliphatic hydroxyl groups is 1. The van der Waals surface area contributed by atoms with Crippen LogP contribution in [-0.2, 0) is 18.0 Å². The molecule has 1 N–H and O–H groups in total. The van der Waals surface area contributed by atoms with Crippen molar-refractivity contribution in [2.24, 2.45) is 0 Å². The van der Waals surface area contributed by atoms with Crippen LogP contribution in [0.2, 0.25) is 0 Å². The van der Waals surface area contributed by atoms with Crippen LogP contribution in [-0.4, -0.2) is 11.2 Å². The molecule has 0 radical (unpaired) electrons. The van der Waals surface area contributed by atoms with E-state index in [0.29, 0.717) is 18.5 Å². The summed E-state index contributed by atoms with van der Waals surface area (Å²) in [7, 11) is 0. The second-order valence-electron chi connectivity index (χ2n) is 4.10. The van der Waals surface area contributed by atoms with Gasteiger partial charge in [0.05, 0.1) is 6.10 Å². The third-order valence-electron chi connectivity index (χ3n) is 2.89. The lowest BCUT2D eigenvalue weighted by molar-refractivity contribution is 0.00795. The van der Waals surface area contributed by atoms with Gasteiger partial charge in [0.15, 0.2) is 0 Å². The second kappa shape index (κ2) is 5.33. The van der Waals surface area contributed by atoms with Crippen molar-refractivity contribution in [2.45, 2.75) is 51.4 Å². The van der Waals surface area contributed by atoms with Gasteiger partial charge in [0.25, 0.3) is 0 Å². The summed E-state index contributed by atoms with van der Waals surface area (Å²) < 4.78 is 11.1. The van der Waals surface area contributed by atoms with Gasteiger partial charge in [-0.15, -0.1) is 0 Å². The minimum atomic E-state index is -0.0383. The van der Waals surface area contributed by atoms with Crippen LogP contribution < -0.4 is 0 Å². The van der Waals surface area contributed by atoms with Crippen molar-refractivity contribution in [2.75, 3.05) is 0 Å².